The van der Waals surface area contributed by atoms with E-state index in [4.69, 9.17) is 0 Å². The van der Waals surface area contributed by atoms with Crippen molar-refractivity contribution in [1.29, 1.82) is 0 Å². The lowest BCUT2D eigenvalue weighted by atomic mass is 10.1. The molecule has 0 spiro atoms. The predicted molar refractivity (Wildman–Crippen MR) is 74.4 cm³/mol. The summed E-state index contributed by atoms with van der Waals surface area (Å²) in [5.41, 5.74) is 2.36. The van der Waals surface area contributed by atoms with E-state index >= 15 is 0 Å². The second-order valence-electron chi connectivity index (χ2n) is 4.44. The van der Waals surface area contributed by atoms with E-state index in [-0.39, 0.29) is 17.5 Å². The van der Waals surface area contributed by atoms with Crippen LogP contribution in [0.3, 0.4) is 0 Å². The van der Waals surface area contributed by atoms with Gasteiger partial charge in [-0.05, 0) is 24.6 Å². The Kier molecular flexibility index (Phi) is 3.79. The summed E-state index contributed by atoms with van der Waals surface area (Å²) in [6.07, 6.45) is 1.53. The fraction of sp³-hybridized carbons (Fsp3) is 0.231. The van der Waals surface area contributed by atoms with E-state index in [0.717, 1.165) is 5.56 Å². The van der Waals surface area contributed by atoms with Crippen molar-refractivity contribution in [3.8, 4) is 0 Å². The molecule has 7 heteroatoms. The van der Waals surface area contributed by atoms with Gasteiger partial charge in [-0.15, -0.1) is 5.10 Å². The first kappa shape index (κ1) is 13.7. The first-order chi connectivity index (χ1) is 9.45. The van der Waals surface area contributed by atoms with Gasteiger partial charge in [0.15, 0.2) is 5.69 Å². The zero-order valence-electron chi connectivity index (χ0n) is 11.5. The number of aromatic nitrogens is 3. The molecule has 0 saturated heterocycles. The van der Waals surface area contributed by atoms with Crippen LogP contribution in [-0.2, 0) is 11.8 Å². The van der Waals surface area contributed by atoms with Gasteiger partial charge in [0.25, 0.3) is 5.91 Å². The molecule has 0 atom stereocenters. The van der Waals surface area contributed by atoms with E-state index in [2.05, 4.69) is 20.9 Å². The average Bonchev–Trinajstić information content (AvgIpc) is 2.79. The fourth-order valence-corrected chi connectivity index (χ4v) is 1.68. The van der Waals surface area contributed by atoms with Crippen LogP contribution in [0.15, 0.2) is 24.4 Å². The summed E-state index contributed by atoms with van der Waals surface area (Å²) >= 11 is 0. The summed E-state index contributed by atoms with van der Waals surface area (Å²) in [6, 6.07) is 5.29. The molecular weight excluding hydrogens is 258 g/mol. The molecule has 0 aliphatic rings. The molecule has 0 saturated carbocycles. The van der Waals surface area contributed by atoms with Gasteiger partial charge in [0.2, 0.25) is 5.91 Å². The summed E-state index contributed by atoms with van der Waals surface area (Å²) in [5.74, 6) is -0.513. The van der Waals surface area contributed by atoms with Gasteiger partial charge in [0.05, 0.1) is 6.20 Å². The summed E-state index contributed by atoms with van der Waals surface area (Å²) in [7, 11) is 1.69. The maximum atomic E-state index is 12.0. The van der Waals surface area contributed by atoms with Crippen LogP contribution < -0.4 is 10.6 Å². The minimum Gasteiger partial charge on any atom is -0.326 e. The Hall–Kier alpha value is -2.70. The van der Waals surface area contributed by atoms with Crippen LogP contribution in [0.1, 0.15) is 23.0 Å². The lowest BCUT2D eigenvalue weighted by molar-refractivity contribution is -0.114. The molecule has 0 aliphatic heterocycles. The molecule has 0 bridgehead atoms. The largest absolute Gasteiger partial charge is 0.326 e. The molecule has 104 valence electrons. The number of carbonyl (C=O) groups is 2. The van der Waals surface area contributed by atoms with Crippen LogP contribution in [-0.4, -0.2) is 26.8 Å². The van der Waals surface area contributed by atoms with E-state index in [1.54, 1.807) is 19.2 Å². The zero-order valence-corrected chi connectivity index (χ0v) is 11.5. The Morgan fingerprint density at radius 3 is 2.60 bits per heavy atom. The number of rotatable bonds is 3. The van der Waals surface area contributed by atoms with Gasteiger partial charge in [-0.1, -0.05) is 11.3 Å². The van der Waals surface area contributed by atoms with E-state index in [1.807, 2.05) is 13.0 Å². The predicted octanol–water partition coefficient (Wildman–Crippen LogP) is 1.33. The second-order valence-corrected chi connectivity index (χ2v) is 4.44. The third-order valence-corrected chi connectivity index (χ3v) is 2.64. The van der Waals surface area contributed by atoms with Gasteiger partial charge in [-0.25, -0.2) is 0 Å². The zero-order chi connectivity index (χ0) is 14.7. The number of hydrogen-bond donors (Lipinski definition) is 2. The summed E-state index contributed by atoms with van der Waals surface area (Å²) in [4.78, 5) is 23.0. The normalized spacial score (nSPS) is 10.2. The van der Waals surface area contributed by atoms with Crippen molar-refractivity contribution in [2.45, 2.75) is 13.8 Å². The first-order valence-corrected chi connectivity index (χ1v) is 6.01. The van der Waals surface area contributed by atoms with Crippen LogP contribution >= 0.6 is 0 Å². The van der Waals surface area contributed by atoms with Crippen molar-refractivity contribution < 1.29 is 9.59 Å². The number of nitrogens with one attached hydrogen (secondary N) is 2. The SMILES string of the molecule is CC(=O)Nc1ccc(C)c(NC(=O)c2cn(C)nn2)c1. The highest BCUT2D eigenvalue weighted by Crippen LogP contribution is 2.20. The highest BCUT2D eigenvalue weighted by molar-refractivity contribution is 6.03. The molecule has 1 aromatic heterocycles. The lowest BCUT2D eigenvalue weighted by Crippen LogP contribution is -2.14. The number of carbonyl (C=O) groups excluding carboxylic acids is 2. The molecule has 2 aromatic rings. The quantitative estimate of drug-likeness (QED) is 0.883. The van der Waals surface area contributed by atoms with Crippen molar-refractivity contribution >= 4 is 23.2 Å². The van der Waals surface area contributed by atoms with Crippen molar-refractivity contribution in [2.75, 3.05) is 10.6 Å². The van der Waals surface area contributed by atoms with Crippen LogP contribution in [0.25, 0.3) is 0 Å². The lowest BCUT2D eigenvalue weighted by Gasteiger charge is -2.10. The van der Waals surface area contributed by atoms with Crippen molar-refractivity contribution in [3.05, 3.63) is 35.7 Å². The van der Waals surface area contributed by atoms with Crippen molar-refractivity contribution in [1.82, 2.24) is 15.0 Å². The molecule has 0 unspecified atom stereocenters. The van der Waals surface area contributed by atoms with Crippen LogP contribution in [0, 0.1) is 6.92 Å². The van der Waals surface area contributed by atoms with E-state index in [0.29, 0.717) is 11.4 Å². The number of anilines is 2. The van der Waals surface area contributed by atoms with Crippen LogP contribution in [0.2, 0.25) is 0 Å². The first-order valence-electron chi connectivity index (χ1n) is 6.01. The average molecular weight is 273 g/mol. The Morgan fingerprint density at radius 1 is 1.25 bits per heavy atom. The molecule has 2 amide bonds. The third kappa shape index (κ3) is 3.19. The molecule has 1 heterocycles. The maximum Gasteiger partial charge on any atom is 0.277 e. The second kappa shape index (κ2) is 5.52. The van der Waals surface area contributed by atoms with Gasteiger partial charge in [0, 0.05) is 25.3 Å². The molecule has 20 heavy (non-hydrogen) atoms. The molecule has 1 aromatic carbocycles. The van der Waals surface area contributed by atoms with Crippen molar-refractivity contribution in [3.63, 3.8) is 0 Å². The number of amides is 2. The standard InChI is InChI=1S/C13H15N5O2/c1-8-4-5-10(14-9(2)19)6-11(8)15-13(20)12-7-18(3)17-16-12/h4-7H,1-3H3,(H,14,19)(H,15,20). The molecule has 2 rings (SSSR count). The van der Waals surface area contributed by atoms with E-state index < -0.39 is 0 Å². The molecule has 0 radical (unpaired) electrons. The number of hydrogen-bond acceptors (Lipinski definition) is 4. The molecular formula is C13H15N5O2. The topological polar surface area (TPSA) is 88.9 Å². The van der Waals surface area contributed by atoms with Gasteiger partial charge in [-0.2, -0.15) is 0 Å². The summed E-state index contributed by atoms with van der Waals surface area (Å²) in [5, 5.41) is 12.9. The Labute approximate surface area is 116 Å². The van der Waals surface area contributed by atoms with E-state index in [1.165, 1.54) is 17.8 Å². The summed E-state index contributed by atoms with van der Waals surface area (Å²) in [6.45, 7) is 3.29. The van der Waals surface area contributed by atoms with Gasteiger partial charge >= 0.3 is 0 Å². The summed E-state index contributed by atoms with van der Waals surface area (Å²) < 4.78 is 1.45. The molecule has 0 aliphatic carbocycles. The van der Waals surface area contributed by atoms with Gasteiger partial charge in [-0.3, -0.25) is 14.3 Å². The van der Waals surface area contributed by atoms with Gasteiger partial charge < -0.3 is 10.6 Å². The number of aryl methyl sites for hydroxylation is 2. The Balaban J connectivity index is 2.19. The van der Waals surface area contributed by atoms with Crippen LogP contribution in [0.5, 0.6) is 0 Å². The highest BCUT2D eigenvalue weighted by Gasteiger charge is 2.12. The van der Waals surface area contributed by atoms with E-state index in [9.17, 15) is 9.59 Å². The minimum atomic E-state index is -0.346. The minimum absolute atomic E-state index is 0.167. The fourth-order valence-electron chi connectivity index (χ4n) is 1.68. The highest BCUT2D eigenvalue weighted by atomic mass is 16.2. The Bertz CT molecular complexity index is 663. The van der Waals surface area contributed by atoms with Gasteiger partial charge in [0.1, 0.15) is 0 Å². The van der Waals surface area contributed by atoms with Crippen molar-refractivity contribution in [2.24, 2.45) is 7.05 Å². The van der Waals surface area contributed by atoms with Crippen LogP contribution in [0.4, 0.5) is 11.4 Å². The molecule has 0 fully saturated rings. The monoisotopic (exact) mass is 273 g/mol. The smallest absolute Gasteiger partial charge is 0.277 e. The maximum absolute atomic E-state index is 12.0. The third-order valence-electron chi connectivity index (χ3n) is 2.64. The Morgan fingerprint density at radius 2 is 2.00 bits per heavy atom. The number of nitrogens with zero attached hydrogens (tertiary/aromatic N) is 3. The molecule has 2 N–H and O–H groups in total. The molecule has 7 nitrogen and oxygen atoms in total. The number of benzene rings is 1.